The highest BCUT2D eigenvalue weighted by Gasteiger charge is 2.38. The van der Waals surface area contributed by atoms with E-state index in [-0.39, 0.29) is 42.5 Å². The fourth-order valence-electron chi connectivity index (χ4n) is 4.01. The summed E-state index contributed by atoms with van der Waals surface area (Å²) in [5.74, 6) is -0.712. The molecule has 160 valence electrons. The van der Waals surface area contributed by atoms with Crippen molar-refractivity contribution in [2.75, 3.05) is 32.7 Å². The Hall–Kier alpha value is -2.33. The van der Waals surface area contributed by atoms with Crippen LogP contribution in [0.2, 0.25) is 0 Å². The summed E-state index contributed by atoms with van der Waals surface area (Å²) in [5.41, 5.74) is 7.70. The van der Waals surface area contributed by atoms with E-state index in [4.69, 9.17) is 0 Å². The van der Waals surface area contributed by atoms with E-state index in [0.717, 1.165) is 11.1 Å². The lowest BCUT2D eigenvalue weighted by atomic mass is 9.93. The fourth-order valence-corrected chi connectivity index (χ4v) is 5.53. The molecule has 0 aromatic heterocycles. The van der Waals surface area contributed by atoms with Crippen molar-refractivity contribution in [1.29, 1.82) is 0 Å². The van der Waals surface area contributed by atoms with Gasteiger partial charge in [-0.1, -0.05) is 42.5 Å². The van der Waals surface area contributed by atoms with Gasteiger partial charge in [-0.05, 0) is 23.3 Å². The molecule has 0 spiro atoms. The molecule has 2 saturated heterocycles. The molecular formula is C21H25FN4O3S. The second kappa shape index (κ2) is 8.81. The smallest absolute Gasteiger partial charge is 0.229 e. The minimum atomic E-state index is -3.43. The molecule has 2 aromatic rings. The number of rotatable bonds is 5. The Labute approximate surface area is 175 Å². The number of amides is 1. The van der Waals surface area contributed by atoms with Crippen molar-refractivity contribution in [2.45, 2.75) is 11.8 Å². The van der Waals surface area contributed by atoms with Gasteiger partial charge in [0, 0.05) is 32.7 Å². The van der Waals surface area contributed by atoms with Gasteiger partial charge in [0.15, 0.2) is 0 Å². The molecule has 2 aromatic carbocycles. The highest BCUT2D eigenvalue weighted by Crippen LogP contribution is 2.27. The average molecular weight is 433 g/mol. The molecule has 0 radical (unpaired) electrons. The summed E-state index contributed by atoms with van der Waals surface area (Å²) >= 11 is 0. The summed E-state index contributed by atoms with van der Waals surface area (Å²) in [7, 11) is -3.43. The van der Waals surface area contributed by atoms with E-state index < -0.39 is 10.0 Å². The molecule has 30 heavy (non-hydrogen) atoms. The van der Waals surface area contributed by atoms with Crippen LogP contribution in [0.25, 0.3) is 0 Å². The maximum atomic E-state index is 13.2. The number of hydrazine groups is 1. The van der Waals surface area contributed by atoms with Gasteiger partial charge >= 0.3 is 0 Å². The molecule has 0 saturated carbocycles. The molecule has 2 fully saturated rings. The first-order valence-electron chi connectivity index (χ1n) is 9.98. The van der Waals surface area contributed by atoms with Crippen LogP contribution in [-0.2, 0) is 20.6 Å². The van der Waals surface area contributed by atoms with Crippen LogP contribution in [0.5, 0.6) is 0 Å². The van der Waals surface area contributed by atoms with Gasteiger partial charge in [-0.3, -0.25) is 10.2 Å². The third kappa shape index (κ3) is 4.54. The van der Waals surface area contributed by atoms with E-state index in [0.29, 0.717) is 19.6 Å². The Morgan fingerprint density at radius 3 is 2.33 bits per heavy atom. The van der Waals surface area contributed by atoms with Gasteiger partial charge in [-0.25, -0.2) is 18.2 Å². The van der Waals surface area contributed by atoms with Crippen LogP contribution in [0, 0.1) is 11.7 Å². The van der Waals surface area contributed by atoms with Gasteiger partial charge in [0.1, 0.15) is 5.82 Å². The number of piperazine rings is 1. The number of carbonyl (C=O) groups is 1. The second-order valence-corrected chi connectivity index (χ2v) is 9.60. The third-order valence-electron chi connectivity index (χ3n) is 5.66. The summed E-state index contributed by atoms with van der Waals surface area (Å²) in [6.07, 6.45) is 0. The molecule has 1 amide bonds. The molecule has 2 heterocycles. The third-order valence-corrected chi connectivity index (χ3v) is 7.51. The average Bonchev–Trinajstić information content (AvgIpc) is 3.24. The van der Waals surface area contributed by atoms with E-state index in [1.54, 1.807) is 29.2 Å². The quantitative estimate of drug-likeness (QED) is 0.744. The monoisotopic (exact) mass is 432 g/mol. The van der Waals surface area contributed by atoms with Crippen LogP contribution in [0.4, 0.5) is 4.39 Å². The molecule has 2 N–H and O–H groups in total. The molecule has 2 atom stereocenters. The number of benzene rings is 2. The predicted octanol–water partition coefficient (Wildman–Crippen LogP) is 1.27. The zero-order valence-corrected chi connectivity index (χ0v) is 17.3. The van der Waals surface area contributed by atoms with Crippen LogP contribution in [0.3, 0.4) is 0 Å². The Morgan fingerprint density at radius 1 is 1.00 bits per heavy atom. The van der Waals surface area contributed by atoms with E-state index in [1.807, 2.05) is 18.2 Å². The molecule has 2 aliphatic heterocycles. The van der Waals surface area contributed by atoms with Gasteiger partial charge in [0.25, 0.3) is 0 Å². The van der Waals surface area contributed by atoms with Crippen molar-refractivity contribution in [1.82, 2.24) is 20.1 Å². The molecule has 4 rings (SSSR count). The van der Waals surface area contributed by atoms with Crippen LogP contribution in [-0.4, -0.2) is 56.3 Å². The maximum Gasteiger partial charge on any atom is 0.229 e. The van der Waals surface area contributed by atoms with Crippen LogP contribution in [0.15, 0.2) is 54.6 Å². The lowest BCUT2D eigenvalue weighted by molar-refractivity contribution is -0.136. The minimum Gasteiger partial charge on any atom is -0.340 e. The lowest BCUT2D eigenvalue weighted by Gasteiger charge is -2.36. The highest BCUT2D eigenvalue weighted by atomic mass is 32.2. The van der Waals surface area contributed by atoms with E-state index >= 15 is 0 Å². The second-order valence-electron chi connectivity index (χ2n) is 7.63. The topological polar surface area (TPSA) is 81.8 Å². The van der Waals surface area contributed by atoms with Crippen molar-refractivity contribution in [3.8, 4) is 0 Å². The van der Waals surface area contributed by atoms with E-state index in [2.05, 4.69) is 10.9 Å². The number of nitrogens with one attached hydrogen (secondary N) is 2. The summed E-state index contributed by atoms with van der Waals surface area (Å²) < 4.78 is 40.1. The number of sulfonamides is 1. The Morgan fingerprint density at radius 2 is 1.67 bits per heavy atom. The number of hydrogen-bond acceptors (Lipinski definition) is 5. The zero-order chi connectivity index (χ0) is 21.1. The van der Waals surface area contributed by atoms with Crippen LogP contribution >= 0.6 is 0 Å². The van der Waals surface area contributed by atoms with Crippen molar-refractivity contribution < 1.29 is 17.6 Å². The van der Waals surface area contributed by atoms with Gasteiger partial charge in [-0.15, -0.1) is 0 Å². The highest BCUT2D eigenvalue weighted by molar-refractivity contribution is 7.88. The molecule has 0 aliphatic carbocycles. The first-order valence-corrected chi connectivity index (χ1v) is 11.6. The molecule has 9 heteroatoms. The van der Waals surface area contributed by atoms with Gasteiger partial charge < -0.3 is 4.90 Å². The van der Waals surface area contributed by atoms with Crippen LogP contribution in [0.1, 0.15) is 17.2 Å². The van der Waals surface area contributed by atoms with E-state index in [9.17, 15) is 17.6 Å². The predicted molar refractivity (Wildman–Crippen MR) is 111 cm³/mol. The van der Waals surface area contributed by atoms with Crippen molar-refractivity contribution >= 4 is 15.9 Å². The molecular weight excluding hydrogens is 407 g/mol. The van der Waals surface area contributed by atoms with Gasteiger partial charge in [0.05, 0.1) is 17.7 Å². The fraction of sp³-hybridized carbons (Fsp3) is 0.381. The summed E-state index contributed by atoms with van der Waals surface area (Å²) in [6.45, 7) is 1.76. The Balaban J connectivity index is 1.37. The van der Waals surface area contributed by atoms with Crippen molar-refractivity contribution in [3.05, 3.63) is 71.5 Å². The molecule has 2 unspecified atom stereocenters. The SMILES string of the molecule is O=C(C1CNNC1c1ccc(F)cc1)N1CCN(S(=O)(=O)Cc2ccccc2)CC1. The van der Waals surface area contributed by atoms with Gasteiger partial charge in [-0.2, -0.15) is 4.31 Å². The van der Waals surface area contributed by atoms with Crippen molar-refractivity contribution in [3.63, 3.8) is 0 Å². The number of nitrogens with zero attached hydrogens (tertiary/aromatic N) is 2. The normalized spacial score (nSPS) is 22.9. The molecule has 0 bridgehead atoms. The zero-order valence-electron chi connectivity index (χ0n) is 16.5. The molecule has 2 aliphatic rings. The maximum absolute atomic E-state index is 13.2. The van der Waals surface area contributed by atoms with Crippen molar-refractivity contribution in [2.24, 2.45) is 5.92 Å². The summed E-state index contributed by atoms with van der Waals surface area (Å²) in [4.78, 5) is 14.8. The lowest BCUT2D eigenvalue weighted by Crippen LogP contribution is -2.52. The summed E-state index contributed by atoms with van der Waals surface area (Å²) in [6, 6.07) is 15.0. The minimum absolute atomic E-state index is 0.0260. The standard InChI is InChI=1S/C21H25FN4O3S/c22-18-8-6-17(7-9-18)20-19(14-23-24-20)21(27)25-10-12-26(13-11-25)30(28,29)15-16-4-2-1-3-5-16/h1-9,19-20,23-24H,10-15H2. The summed E-state index contributed by atoms with van der Waals surface area (Å²) in [5, 5.41) is 0. The van der Waals surface area contributed by atoms with Gasteiger partial charge in [0.2, 0.25) is 15.9 Å². The number of halogens is 1. The molecule has 7 nitrogen and oxygen atoms in total. The first kappa shape index (κ1) is 20.9. The Kier molecular flexibility index (Phi) is 6.14. The number of hydrogen-bond donors (Lipinski definition) is 2. The van der Waals surface area contributed by atoms with Crippen LogP contribution < -0.4 is 10.9 Å². The number of carbonyl (C=O) groups excluding carboxylic acids is 1. The Bertz CT molecular complexity index is 977. The first-order chi connectivity index (χ1) is 14.4. The van der Waals surface area contributed by atoms with E-state index in [1.165, 1.54) is 16.4 Å². The largest absolute Gasteiger partial charge is 0.340 e.